The Kier molecular flexibility index (Phi) is 3.41. The summed E-state index contributed by atoms with van der Waals surface area (Å²) in [6.45, 7) is 4.27. The molecule has 1 rings (SSSR count). The Bertz CT molecular complexity index is 248. The fourth-order valence-corrected chi connectivity index (χ4v) is 1.91. The normalized spacial score (nSPS) is 18.2. The van der Waals surface area contributed by atoms with Crippen molar-refractivity contribution in [3.8, 4) is 0 Å². The molecule has 3 N–H and O–H groups in total. The lowest BCUT2D eigenvalue weighted by molar-refractivity contribution is 0.0594. The SMILES string of the molecule is CC(O)C(C)(CN)Cc1cncs1. The van der Waals surface area contributed by atoms with Crippen LogP contribution in [0.5, 0.6) is 0 Å². The summed E-state index contributed by atoms with van der Waals surface area (Å²) in [5, 5.41) is 9.57. The first-order valence-corrected chi connectivity index (χ1v) is 5.22. The summed E-state index contributed by atoms with van der Waals surface area (Å²) in [6.07, 6.45) is 2.24. The lowest BCUT2D eigenvalue weighted by Crippen LogP contribution is -2.39. The predicted molar refractivity (Wildman–Crippen MR) is 54.7 cm³/mol. The number of aromatic nitrogens is 1. The molecule has 0 bridgehead atoms. The minimum absolute atomic E-state index is 0.230. The third-order valence-electron chi connectivity index (χ3n) is 2.54. The Hall–Kier alpha value is -0.450. The van der Waals surface area contributed by atoms with Crippen molar-refractivity contribution in [3.63, 3.8) is 0 Å². The lowest BCUT2D eigenvalue weighted by atomic mass is 9.81. The van der Waals surface area contributed by atoms with Gasteiger partial charge in [0.25, 0.3) is 0 Å². The van der Waals surface area contributed by atoms with E-state index in [9.17, 15) is 5.11 Å². The fourth-order valence-electron chi connectivity index (χ4n) is 1.12. The minimum atomic E-state index is -0.389. The maximum absolute atomic E-state index is 9.57. The van der Waals surface area contributed by atoms with Crippen molar-refractivity contribution in [2.75, 3.05) is 6.54 Å². The first-order valence-electron chi connectivity index (χ1n) is 4.34. The van der Waals surface area contributed by atoms with Gasteiger partial charge in [-0.3, -0.25) is 4.98 Å². The van der Waals surface area contributed by atoms with Crippen molar-refractivity contribution in [1.82, 2.24) is 4.98 Å². The van der Waals surface area contributed by atoms with Crippen molar-refractivity contribution < 1.29 is 5.11 Å². The Balaban J connectivity index is 2.69. The summed E-state index contributed by atoms with van der Waals surface area (Å²) in [5.74, 6) is 0. The van der Waals surface area contributed by atoms with Crippen LogP contribution >= 0.6 is 11.3 Å². The molecule has 0 saturated carbocycles. The topological polar surface area (TPSA) is 59.1 Å². The van der Waals surface area contributed by atoms with E-state index in [2.05, 4.69) is 4.98 Å². The van der Waals surface area contributed by atoms with Gasteiger partial charge < -0.3 is 10.8 Å². The van der Waals surface area contributed by atoms with Gasteiger partial charge in [-0.15, -0.1) is 11.3 Å². The monoisotopic (exact) mass is 200 g/mol. The minimum Gasteiger partial charge on any atom is -0.393 e. The van der Waals surface area contributed by atoms with E-state index in [1.165, 1.54) is 4.88 Å². The highest BCUT2D eigenvalue weighted by molar-refractivity contribution is 7.09. The van der Waals surface area contributed by atoms with Gasteiger partial charge in [0.15, 0.2) is 0 Å². The Morgan fingerprint density at radius 2 is 2.46 bits per heavy atom. The van der Waals surface area contributed by atoms with Gasteiger partial charge in [0.1, 0.15) is 0 Å². The van der Waals surface area contributed by atoms with Crippen molar-refractivity contribution in [1.29, 1.82) is 0 Å². The van der Waals surface area contributed by atoms with Gasteiger partial charge in [0.2, 0.25) is 0 Å². The van der Waals surface area contributed by atoms with Crippen molar-refractivity contribution in [2.45, 2.75) is 26.4 Å². The molecule has 0 fully saturated rings. The number of hydrogen-bond acceptors (Lipinski definition) is 4. The average Bonchev–Trinajstić information content (AvgIpc) is 2.56. The third-order valence-corrected chi connectivity index (χ3v) is 3.32. The van der Waals surface area contributed by atoms with Gasteiger partial charge in [0, 0.05) is 23.0 Å². The smallest absolute Gasteiger partial charge is 0.0794 e. The molecule has 74 valence electrons. The number of nitrogens with zero attached hydrogens (tertiary/aromatic N) is 1. The van der Waals surface area contributed by atoms with Gasteiger partial charge in [0.05, 0.1) is 11.6 Å². The number of thiazole rings is 1. The molecule has 13 heavy (non-hydrogen) atoms. The van der Waals surface area contributed by atoms with Crippen LogP contribution in [-0.2, 0) is 6.42 Å². The first kappa shape index (κ1) is 10.6. The van der Waals surface area contributed by atoms with Crippen LogP contribution in [0, 0.1) is 5.41 Å². The number of aliphatic hydroxyl groups is 1. The van der Waals surface area contributed by atoms with Crippen LogP contribution in [0.4, 0.5) is 0 Å². The van der Waals surface area contributed by atoms with Gasteiger partial charge in [-0.05, 0) is 13.3 Å². The summed E-state index contributed by atoms with van der Waals surface area (Å²) >= 11 is 1.60. The van der Waals surface area contributed by atoms with Crippen molar-refractivity contribution in [2.24, 2.45) is 11.1 Å². The average molecular weight is 200 g/mol. The van der Waals surface area contributed by atoms with Crippen LogP contribution in [0.15, 0.2) is 11.7 Å². The number of nitrogens with two attached hydrogens (primary N) is 1. The lowest BCUT2D eigenvalue weighted by Gasteiger charge is -2.30. The summed E-state index contributed by atoms with van der Waals surface area (Å²) in [5.41, 5.74) is 7.22. The molecule has 0 aromatic carbocycles. The van der Waals surface area contributed by atoms with E-state index in [-0.39, 0.29) is 11.5 Å². The Labute approximate surface area is 82.6 Å². The maximum Gasteiger partial charge on any atom is 0.0794 e. The summed E-state index contributed by atoms with van der Waals surface area (Å²) < 4.78 is 0. The number of aliphatic hydroxyl groups excluding tert-OH is 1. The summed E-state index contributed by atoms with van der Waals surface area (Å²) in [4.78, 5) is 5.17. The van der Waals surface area contributed by atoms with Crippen LogP contribution in [0.1, 0.15) is 18.7 Å². The zero-order valence-corrected chi connectivity index (χ0v) is 8.84. The Morgan fingerprint density at radius 1 is 1.77 bits per heavy atom. The Morgan fingerprint density at radius 3 is 2.85 bits per heavy atom. The van der Waals surface area contributed by atoms with E-state index >= 15 is 0 Å². The second kappa shape index (κ2) is 4.17. The van der Waals surface area contributed by atoms with E-state index < -0.39 is 0 Å². The van der Waals surface area contributed by atoms with Gasteiger partial charge in [-0.1, -0.05) is 6.92 Å². The summed E-state index contributed by atoms with van der Waals surface area (Å²) in [6, 6.07) is 0. The molecular weight excluding hydrogens is 184 g/mol. The standard InChI is InChI=1S/C9H16N2OS/c1-7(12)9(2,5-10)3-8-4-11-6-13-8/h4,6-7,12H,3,5,10H2,1-2H3. The van der Waals surface area contributed by atoms with Crippen LogP contribution in [-0.4, -0.2) is 22.7 Å². The van der Waals surface area contributed by atoms with Crippen LogP contribution in [0.2, 0.25) is 0 Å². The molecule has 0 saturated heterocycles. The van der Waals surface area contributed by atoms with Gasteiger partial charge >= 0.3 is 0 Å². The molecule has 0 aliphatic rings. The quantitative estimate of drug-likeness (QED) is 0.763. The zero-order valence-electron chi connectivity index (χ0n) is 8.03. The van der Waals surface area contributed by atoms with Gasteiger partial charge in [-0.25, -0.2) is 0 Å². The van der Waals surface area contributed by atoms with Gasteiger partial charge in [-0.2, -0.15) is 0 Å². The molecule has 2 atom stereocenters. The second-order valence-electron chi connectivity index (χ2n) is 3.68. The zero-order chi connectivity index (χ0) is 9.90. The first-order chi connectivity index (χ1) is 6.08. The molecule has 0 aliphatic carbocycles. The molecule has 0 spiro atoms. The molecule has 0 amide bonds. The largest absolute Gasteiger partial charge is 0.393 e. The van der Waals surface area contributed by atoms with E-state index in [1.54, 1.807) is 23.8 Å². The molecule has 0 aliphatic heterocycles. The second-order valence-corrected chi connectivity index (χ2v) is 4.65. The molecule has 4 heteroatoms. The number of hydrogen-bond donors (Lipinski definition) is 2. The van der Waals surface area contributed by atoms with Crippen LogP contribution < -0.4 is 5.73 Å². The maximum atomic E-state index is 9.57. The number of rotatable bonds is 4. The van der Waals surface area contributed by atoms with Crippen LogP contribution in [0.3, 0.4) is 0 Å². The molecule has 2 unspecified atom stereocenters. The molecular formula is C9H16N2OS. The highest BCUT2D eigenvalue weighted by atomic mass is 32.1. The van der Waals surface area contributed by atoms with E-state index in [0.717, 1.165) is 6.42 Å². The van der Waals surface area contributed by atoms with Crippen LogP contribution in [0.25, 0.3) is 0 Å². The third kappa shape index (κ3) is 2.49. The van der Waals surface area contributed by atoms with E-state index in [1.807, 2.05) is 13.1 Å². The predicted octanol–water partition coefficient (Wildman–Crippen LogP) is 1.03. The highest BCUT2D eigenvalue weighted by Gasteiger charge is 2.29. The molecule has 1 aromatic rings. The van der Waals surface area contributed by atoms with Crippen molar-refractivity contribution >= 4 is 11.3 Å². The fraction of sp³-hybridized carbons (Fsp3) is 0.667. The molecule has 1 aromatic heterocycles. The van der Waals surface area contributed by atoms with E-state index in [4.69, 9.17) is 5.73 Å². The highest BCUT2D eigenvalue weighted by Crippen LogP contribution is 2.26. The molecule has 0 radical (unpaired) electrons. The van der Waals surface area contributed by atoms with E-state index in [0.29, 0.717) is 6.54 Å². The molecule has 3 nitrogen and oxygen atoms in total. The molecule has 1 heterocycles. The summed E-state index contributed by atoms with van der Waals surface area (Å²) in [7, 11) is 0. The van der Waals surface area contributed by atoms with Crippen molar-refractivity contribution in [3.05, 3.63) is 16.6 Å².